The van der Waals surface area contributed by atoms with Crippen LogP contribution in [0.3, 0.4) is 0 Å². The van der Waals surface area contributed by atoms with Crippen molar-refractivity contribution in [1.29, 1.82) is 0 Å². The van der Waals surface area contributed by atoms with Gasteiger partial charge in [-0.2, -0.15) is 0 Å². The van der Waals surface area contributed by atoms with Gasteiger partial charge < -0.3 is 19.4 Å². The third kappa shape index (κ3) is 6.69. The molecule has 1 unspecified atom stereocenters. The number of non-ortho nitro benzene ring substituents is 1. The van der Waals surface area contributed by atoms with Gasteiger partial charge in [0.1, 0.15) is 5.82 Å². The number of ether oxygens (including phenoxy) is 2. The van der Waals surface area contributed by atoms with E-state index >= 15 is 0 Å². The topological polar surface area (TPSA) is 121 Å². The summed E-state index contributed by atoms with van der Waals surface area (Å²) in [4.78, 5) is 22.7. The molecule has 3 aromatic rings. The predicted octanol–water partition coefficient (Wildman–Crippen LogP) is 4.86. The number of aromatic nitrogens is 3. The first-order valence-electron chi connectivity index (χ1n) is 10.8. The maximum atomic E-state index is 14.0. The van der Waals surface area contributed by atoms with Crippen LogP contribution in [0.4, 0.5) is 15.8 Å². The highest BCUT2D eigenvalue weighted by Crippen LogP contribution is 2.31. The second-order valence-electron chi connectivity index (χ2n) is 8.01. The minimum atomic E-state index is -0.762. The van der Waals surface area contributed by atoms with Crippen LogP contribution in [-0.4, -0.2) is 38.5 Å². The molecule has 0 radical (unpaired) electrons. The summed E-state index contributed by atoms with van der Waals surface area (Å²) in [5, 5.41) is 22.3. The minimum Gasteiger partial charge on any atom is -0.493 e. The molecule has 0 aliphatic rings. The molecule has 0 saturated heterocycles. The number of nitrogens with one attached hydrogen (secondary N) is 1. The predicted molar refractivity (Wildman–Crippen MR) is 129 cm³/mol. The molecule has 0 fully saturated rings. The molecule has 1 atom stereocenters. The summed E-state index contributed by atoms with van der Waals surface area (Å²) >= 11 is 1.13. The lowest BCUT2D eigenvalue weighted by Crippen LogP contribution is -2.17. The smallest absolute Gasteiger partial charge is 0.271 e. The van der Waals surface area contributed by atoms with Crippen molar-refractivity contribution in [1.82, 2.24) is 14.8 Å². The zero-order valence-electron chi connectivity index (χ0n) is 19.7. The van der Waals surface area contributed by atoms with E-state index in [4.69, 9.17) is 9.47 Å². The van der Waals surface area contributed by atoms with E-state index in [1.54, 1.807) is 19.2 Å². The molecular formula is C23H26FN5O5S. The molecule has 0 aliphatic carbocycles. The summed E-state index contributed by atoms with van der Waals surface area (Å²) in [6, 6.07) is 10.2. The minimum absolute atomic E-state index is 0.0971. The van der Waals surface area contributed by atoms with Gasteiger partial charge in [0.05, 0.1) is 23.5 Å². The number of thioether (sulfide) groups is 1. The lowest BCUT2D eigenvalue weighted by molar-refractivity contribution is -0.384. The first kappa shape index (κ1) is 25.9. The highest BCUT2D eigenvalue weighted by atomic mass is 32.2. The summed E-state index contributed by atoms with van der Waals surface area (Å²) in [5.74, 6) is 0.602. The normalized spacial score (nSPS) is 11.8. The number of nitro benzene ring substituents is 1. The monoisotopic (exact) mass is 503 g/mol. The van der Waals surface area contributed by atoms with Crippen LogP contribution in [0.5, 0.6) is 11.5 Å². The van der Waals surface area contributed by atoms with E-state index in [0.29, 0.717) is 29.0 Å². The van der Waals surface area contributed by atoms with Crippen LogP contribution in [0.2, 0.25) is 0 Å². The van der Waals surface area contributed by atoms with Gasteiger partial charge in [-0.05, 0) is 31.0 Å². The molecule has 2 aromatic carbocycles. The van der Waals surface area contributed by atoms with Crippen LogP contribution in [0, 0.1) is 21.8 Å². The third-order valence-electron chi connectivity index (χ3n) is 4.80. The van der Waals surface area contributed by atoms with Crippen molar-refractivity contribution in [2.24, 2.45) is 5.92 Å². The number of carbonyl (C=O) groups excluding carboxylic acids is 1. The van der Waals surface area contributed by atoms with Crippen LogP contribution in [0.15, 0.2) is 47.6 Å². The fourth-order valence-electron chi connectivity index (χ4n) is 3.24. The maximum Gasteiger partial charge on any atom is 0.271 e. The van der Waals surface area contributed by atoms with Gasteiger partial charge in [0.15, 0.2) is 28.6 Å². The first-order valence-corrected chi connectivity index (χ1v) is 11.8. The molecule has 35 heavy (non-hydrogen) atoms. The van der Waals surface area contributed by atoms with Gasteiger partial charge in [-0.25, -0.2) is 4.39 Å². The summed E-state index contributed by atoms with van der Waals surface area (Å²) in [6.07, 6.45) is -0.459. The molecular weight excluding hydrogens is 477 g/mol. The quantitative estimate of drug-likeness (QED) is 0.224. The molecule has 186 valence electrons. The van der Waals surface area contributed by atoms with Gasteiger partial charge in [-0.15, -0.1) is 10.2 Å². The molecule has 1 aromatic heterocycles. The standard InChI is InChI=1S/C23H26FN5O5S/c1-14(2)12-28-22(15(3)34-20-8-6-5-7-19(20)33-4)26-27-23(28)35-13-21(30)25-18-11-16(29(31)32)9-10-17(18)24/h5-11,14-15H,12-13H2,1-4H3,(H,25,30). The molecule has 1 heterocycles. The maximum absolute atomic E-state index is 14.0. The van der Waals surface area contributed by atoms with Crippen molar-refractivity contribution >= 4 is 29.0 Å². The van der Waals surface area contributed by atoms with Crippen molar-refractivity contribution in [3.05, 3.63) is 64.2 Å². The number of halogens is 1. The second-order valence-corrected chi connectivity index (χ2v) is 8.96. The van der Waals surface area contributed by atoms with Gasteiger partial charge in [-0.1, -0.05) is 37.7 Å². The number of nitro groups is 1. The summed E-state index contributed by atoms with van der Waals surface area (Å²) < 4.78 is 27.3. The lowest BCUT2D eigenvalue weighted by atomic mass is 10.2. The Morgan fingerprint density at radius 2 is 1.91 bits per heavy atom. The van der Waals surface area contributed by atoms with Gasteiger partial charge in [0, 0.05) is 18.7 Å². The van der Waals surface area contributed by atoms with Crippen molar-refractivity contribution in [3.63, 3.8) is 0 Å². The lowest BCUT2D eigenvalue weighted by Gasteiger charge is -2.19. The van der Waals surface area contributed by atoms with E-state index in [0.717, 1.165) is 30.0 Å². The van der Waals surface area contributed by atoms with Gasteiger partial charge in [0.25, 0.3) is 5.69 Å². The Balaban J connectivity index is 1.73. The van der Waals surface area contributed by atoms with E-state index < -0.39 is 22.8 Å². The van der Waals surface area contributed by atoms with E-state index in [1.165, 1.54) is 0 Å². The molecule has 0 saturated carbocycles. The number of anilines is 1. The van der Waals surface area contributed by atoms with Crippen molar-refractivity contribution in [2.75, 3.05) is 18.2 Å². The van der Waals surface area contributed by atoms with Crippen molar-refractivity contribution < 1.29 is 23.6 Å². The first-order chi connectivity index (χ1) is 16.7. The Kier molecular flexibility index (Phi) is 8.63. The molecule has 10 nitrogen and oxygen atoms in total. The Morgan fingerprint density at radius 1 is 1.20 bits per heavy atom. The number of amides is 1. The van der Waals surface area contributed by atoms with E-state index in [1.807, 2.05) is 37.5 Å². The molecule has 0 aliphatic heterocycles. The highest BCUT2D eigenvalue weighted by Gasteiger charge is 2.22. The zero-order chi connectivity index (χ0) is 25.5. The highest BCUT2D eigenvalue weighted by molar-refractivity contribution is 7.99. The van der Waals surface area contributed by atoms with Crippen molar-refractivity contribution in [3.8, 4) is 11.5 Å². The Hall–Kier alpha value is -3.67. The molecule has 12 heteroatoms. The number of benzene rings is 2. The Morgan fingerprint density at radius 3 is 2.57 bits per heavy atom. The van der Waals surface area contributed by atoms with Crippen molar-refractivity contribution in [2.45, 2.75) is 38.6 Å². The van der Waals surface area contributed by atoms with Crippen LogP contribution >= 0.6 is 11.8 Å². The summed E-state index contributed by atoms with van der Waals surface area (Å²) in [5.41, 5.74) is -0.576. The van der Waals surface area contributed by atoms with Crippen LogP contribution < -0.4 is 14.8 Å². The van der Waals surface area contributed by atoms with Crippen LogP contribution in [-0.2, 0) is 11.3 Å². The number of methoxy groups -OCH3 is 1. The fourth-order valence-corrected chi connectivity index (χ4v) is 4.00. The Labute approximate surface area is 206 Å². The average Bonchev–Trinajstić information content (AvgIpc) is 3.21. The average molecular weight is 504 g/mol. The number of hydrogen-bond donors (Lipinski definition) is 1. The molecule has 0 bridgehead atoms. The number of nitrogens with zero attached hydrogens (tertiary/aromatic N) is 4. The molecule has 0 spiro atoms. The summed E-state index contributed by atoms with van der Waals surface area (Å²) in [7, 11) is 1.56. The number of para-hydroxylation sites is 2. The number of hydrogen-bond acceptors (Lipinski definition) is 8. The summed E-state index contributed by atoms with van der Waals surface area (Å²) in [6.45, 7) is 6.52. The zero-order valence-corrected chi connectivity index (χ0v) is 20.5. The Bertz CT molecular complexity index is 1200. The largest absolute Gasteiger partial charge is 0.493 e. The van der Waals surface area contributed by atoms with Crippen LogP contribution in [0.25, 0.3) is 0 Å². The SMILES string of the molecule is COc1ccccc1OC(C)c1nnc(SCC(=O)Nc2cc([N+](=O)[O-])ccc2F)n1CC(C)C. The number of carbonyl (C=O) groups is 1. The van der Waals surface area contributed by atoms with E-state index in [2.05, 4.69) is 15.5 Å². The fraction of sp³-hybridized carbons (Fsp3) is 0.348. The van der Waals surface area contributed by atoms with Crippen LogP contribution in [0.1, 0.15) is 32.7 Å². The second kappa shape index (κ2) is 11.6. The van der Waals surface area contributed by atoms with E-state index in [-0.39, 0.29) is 23.0 Å². The third-order valence-corrected chi connectivity index (χ3v) is 5.76. The molecule has 3 rings (SSSR count). The molecule has 1 amide bonds. The van der Waals surface area contributed by atoms with Gasteiger partial charge in [-0.3, -0.25) is 14.9 Å². The molecule has 1 N–H and O–H groups in total. The van der Waals surface area contributed by atoms with Gasteiger partial charge >= 0.3 is 0 Å². The van der Waals surface area contributed by atoms with E-state index in [9.17, 15) is 19.3 Å². The van der Waals surface area contributed by atoms with Gasteiger partial charge in [0.2, 0.25) is 5.91 Å². The number of rotatable bonds is 11.